The van der Waals surface area contributed by atoms with Crippen molar-refractivity contribution in [1.29, 1.82) is 0 Å². The number of hydrogen-bond acceptors (Lipinski definition) is 3. The van der Waals surface area contributed by atoms with Gasteiger partial charge in [0.25, 0.3) is 5.56 Å². The van der Waals surface area contributed by atoms with E-state index in [0.29, 0.717) is 12.5 Å². The van der Waals surface area contributed by atoms with Gasteiger partial charge in [-0.2, -0.15) is 0 Å². The number of aromatic nitrogens is 3. The summed E-state index contributed by atoms with van der Waals surface area (Å²) in [6, 6.07) is 5.17. The lowest BCUT2D eigenvalue weighted by atomic mass is 10.2. The first-order valence-corrected chi connectivity index (χ1v) is 6.28. The lowest BCUT2D eigenvalue weighted by molar-refractivity contribution is 0.669. The summed E-state index contributed by atoms with van der Waals surface area (Å²) in [6.07, 6.45) is 5.62. The maximum atomic E-state index is 12.0. The van der Waals surface area contributed by atoms with Crippen LogP contribution in [0.5, 0.6) is 0 Å². The summed E-state index contributed by atoms with van der Waals surface area (Å²) >= 11 is 5.86. The fraction of sp³-hybridized carbons (Fsp3) is 0.308. The maximum Gasteiger partial charge on any atom is 0.255 e. The van der Waals surface area contributed by atoms with Crippen LogP contribution in [0.25, 0.3) is 0 Å². The van der Waals surface area contributed by atoms with Gasteiger partial charge in [-0.15, -0.1) is 0 Å². The van der Waals surface area contributed by atoms with E-state index in [2.05, 4.69) is 9.97 Å². The fourth-order valence-electron chi connectivity index (χ4n) is 1.98. The highest BCUT2D eigenvalue weighted by molar-refractivity contribution is 6.29. The SMILES string of the molecule is O=c1cc(Cl)nc(C2CC2)n1Cc1ccncc1. The first-order chi connectivity index (χ1) is 8.74. The predicted molar refractivity (Wildman–Crippen MR) is 68.8 cm³/mol. The predicted octanol–water partition coefficient (Wildman–Crippen LogP) is 2.22. The van der Waals surface area contributed by atoms with Crippen molar-refractivity contribution in [2.24, 2.45) is 0 Å². The van der Waals surface area contributed by atoms with E-state index in [-0.39, 0.29) is 10.7 Å². The Morgan fingerprint density at radius 1 is 1.33 bits per heavy atom. The van der Waals surface area contributed by atoms with Crippen LogP contribution in [-0.4, -0.2) is 14.5 Å². The molecule has 2 aromatic rings. The maximum absolute atomic E-state index is 12.0. The summed E-state index contributed by atoms with van der Waals surface area (Å²) in [6.45, 7) is 0.525. The third-order valence-electron chi connectivity index (χ3n) is 3.04. The molecular formula is C13H12ClN3O. The number of rotatable bonds is 3. The number of pyridine rings is 1. The quantitative estimate of drug-likeness (QED) is 0.796. The summed E-state index contributed by atoms with van der Waals surface area (Å²) < 4.78 is 1.71. The van der Waals surface area contributed by atoms with E-state index in [1.165, 1.54) is 6.07 Å². The summed E-state index contributed by atoms with van der Waals surface area (Å²) in [5.74, 6) is 1.20. The van der Waals surface area contributed by atoms with E-state index >= 15 is 0 Å². The lowest BCUT2D eigenvalue weighted by Gasteiger charge is -2.11. The molecule has 0 unspecified atom stereocenters. The summed E-state index contributed by atoms with van der Waals surface area (Å²) in [7, 11) is 0. The van der Waals surface area contributed by atoms with Crippen LogP contribution in [0.15, 0.2) is 35.4 Å². The van der Waals surface area contributed by atoms with Gasteiger partial charge in [-0.05, 0) is 30.5 Å². The Morgan fingerprint density at radius 3 is 2.72 bits per heavy atom. The number of halogens is 1. The molecule has 3 rings (SSSR count). The highest BCUT2D eigenvalue weighted by Crippen LogP contribution is 2.38. The zero-order valence-corrected chi connectivity index (χ0v) is 10.5. The van der Waals surface area contributed by atoms with Crippen LogP contribution in [0.2, 0.25) is 5.15 Å². The van der Waals surface area contributed by atoms with Crippen LogP contribution >= 0.6 is 11.6 Å². The molecule has 0 radical (unpaired) electrons. The second kappa shape index (κ2) is 4.53. The molecule has 1 saturated carbocycles. The van der Waals surface area contributed by atoms with Gasteiger partial charge in [0.1, 0.15) is 11.0 Å². The minimum atomic E-state index is -0.0892. The third-order valence-corrected chi connectivity index (χ3v) is 3.23. The normalized spacial score (nSPS) is 14.7. The standard InChI is InChI=1S/C13H12ClN3O/c14-11-7-12(18)17(13(16-11)10-1-2-10)8-9-3-5-15-6-4-9/h3-7,10H,1-2,8H2. The van der Waals surface area contributed by atoms with Gasteiger partial charge in [0, 0.05) is 24.4 Å². The molecule has 0 N–H and O–H groups in total. The largest absolute Gasteiger partial charge is 0.292 e. The molecule has 1 aliphatic rings. The van der Waals surface area contributed by atoms with Gasteiger partial charge in [-0.3, -0.25) is 14.3 Å². The second-order valence-electron chi connectivity index (χ2n) is 4.49. The van der Waals surface area contributed by atoms with Crippen molar-refractivity contribution in [3.63, 3.8) is 0 Å². The van der Waals surface area contributed by atoms with Gasteiger partial charge >= 0.3 is 0 Å². The van der Waals surface area contributed by atoms with Crippen molar-refractivity contribution in [3.8, 4) is 0 Å². The average Bonchev–Trinajstić information content (AvgIpc) is 3.18. The van der Waals surface area contributed by atoms with Crippen molar-refractivity contribution < 1.29 is 0 Å². The van der Waals surface area contributed by atoms with Crippen LogP contribution in [0.3, 0.4) is 0 Å². The summed E-state index contributed by atoms with van der Waals surface area (Å²) in [4.78, 5) is 20.3. The van der Waals surface area contributed by atoms with Crippen molar-refractivity contribution in [2.75, 3.05) is 0 Å². The molecule has 0 amide bonds. The molecule has 1 aliphatic carbocycles. The molecule has 2 aromatic heterocycles. The van der Waals surface area contributed by atoms with Gasteiger partial charge in [-0.1, -0.05) is 11.6 Å². The molecule has 92 valence electrons. The Morgan fingerprint density at radius 2 is 2.06 bits per heavy atom. The van der Waals surface area contributed by atoms with Crippen LogP contribution in [-0.2, 0) is 6.54 Å². The highest BCUT2D eigenvalue weighted by atomic mass is 35.5. The first kappa shape index (κ1) is 11.4. The minimum absolute atomic E-state index is 0.0892. The summed E-state index contributed by atoms with van der Waals surface area (Å²) in [5, 5.41) is 0.285. The van der Waals surface area contributed by atoms with Crippen molar-refractivity contribution in [1.82, 2.24) is 14.5 Å². The van der Waals surface area contributed by atoms with E-state index in [4.69, 9.17) is 11.6 Å². The molecule has 0 atom stereocenters. The smallest absolute Gasteiger partial charge is 0.255 e. The molecular weight excluding hydrogens is 250 g/mol. The molecule has 0 saturated heterocycles. The van der Waals surface area contributed by atoms with E-state index < -0.39 is 0 Å². The Balaban J connectivity index is 2.03. The molecule has 0 bridgehead atoms. The molecule has 2 heterocycles. The van der Waals surface area contributed by atoms with Crippen LogP contribution in [0, 0.1) is 0 Å². The Hall–Kier alpha value is -1.68. The molecule has 0 spiro atoms. The average molecular weight is 262 g/mol. The Bertz CT molecular complexity index is 620. The van der Waals surface area contributed by atoms with Crippen molar-refractivity contribution in [2.45, 2.75) is 25.3 Å². The summed E-state index contributed by atoms with van der Waals surface area (Å²) in [5.41, 5.74) is 0.951. The van der Waals surface area contributed by atoms with E-state index in [1.54, 1.807) is 17.0 Å². The third kappa shape index (κ3) is 2.29. The molecule has 5 heteroatoms. The minimum Gasteiger partial charge on any atom is -0.292 e. The molecule has 0 aromatic carbocycles. The van der Waals surface area contributed by atoms with Crippen LogP contribution in [0.4, 0.5) is 0 Å². The van der Waals surface area contributed by atoms with E-state index in [0.717, 1.165) is 24.2 Å². The van der Waals surface area contributed by atoms with Gasteiger partial charge < -0.3 is 0 Å². The van der Waals surface area contributed by atoms with Gasteiger partial charge in [0.15, 0.2) is 0 Å². The molecule has 1 fully saturated rings. The van der Waals surface area contributed by atoms with Gasteiger partial charge in [-0.25, -0.2) is 4.98 Å². The Labute approximate surface area is 109 Å². The number of nitrogens with zero attached hydrogens (tertiary/aromatic N) is 3. The monoisotopic (exact) mass is 261 g/mol. The molecule has 0 aliphatic heterocycles. The first-order valence-electron chi connectivity index (χ1n) is 5.90. The zero-order valence-electron chi connectivity index (χ0n) is 9.71. The van der Waals surface area contributed by atoms with Crippen LogP contribution in [0.1, 0.15) is 30.1 Å². The van der Waals surface area contributed by atoms with Crippen LogP contribution < -0.4 is 5.56 Å². The van der Waals surface area contributed by atoms with E-state index in [9.17, 15) is 4.79 Å². The van der Waals surface area contributed by atoms with Crippen molar-refractivity contribution in [3.05, 3.63) is 57.5 Å². The van der Waals surface area contributed by atoms with Gasteiger partial charge in [0.2, 0.25) is 0 Å². The highest BCUT2D eigenvalue weighted by Gasteiger charge is 2.28. The Kier molecular flexibility index (Phi) is 2.88. The fourth-order valence-corrected chi connectivity index (χ4v) is 2.16. The van der Waals surface area contributed by atoms with E-state index in [1.807, 2.05) is 12.1 Å². The molecule has 18 heavy (non-hydrogen) atoms. The van der Waals surface area contributed by atoms with Crippen molar-refractivity contribution >= 4 is 11.6 Å². The lowest BCUT2D eigenvalue weighted by Crippen LogP contribution is -2.24. The van der Waals surface area contributed by atoms with Gasteiger partial charge in [0.05, 0.1) is 6.54 Å². The topological polar surface area (TPSA) is 47.8 Å². The number of hydrogen-bond donors (Lipinski definition) is 0. The second-order valence-corrected chi connectivity index (χ2v) is 4.88. The molecule has 4 nitrogen and oxygen atoms in total. The zero-order chi connectivity index (χ0) is 12.5.